The number of rotatable bonds is 1. The van der Waals surface area contributed by atoms with Crippen molar-refractivity contribution in [2.75, 3.05) is 0 Å². The fraction of sp³-hybridized carbons (Fsp3) is 0. The first-order valence-corrected chi connectivity index (χ1v) is 3.02. The van der Waals surface area contributed by atoms with E-state index in [4.69, 9.17) is 4.74 Å². The average molecular weight is 128 g/mol. The maximum atomic E-state index is 10.4. The molecule has 0 spiro atoms. The number of hydrogen-bond acceptors (Lipinski definition) is 2. The van der Waals surface area contributed by atoms with E-state index in [1.807, 2.05) is 18.2 Å². The van der Waals surface area contributed by atoms with Crippen LogP contribution in [0.3, 0.4) is 0 Å². The van der Waals surface area contributed by atoms with Gasteiger partial charge in [0.25, 0.3) is 0 Å². The quantitative estimate of drug-likeness (QED) is 0.533. The molecule has 3 heteroatoms. The van der Waals surface area contributed by atoms with Crippen molar-refractivity contribution in [3.8, 4) is 5.75 Å². The molecule has 10 heavy (non-hydrogen) atoms. The van der Waals surface area contributed by atoms with Gasteiger partial charge in [-0.1, -0.05) is 0 Å². The molecule has 1 aromatic carbocycles. The first kappa shape index (κ1) is 7.40. The molecule has 0 fully saturated rings. The van der Waals surface area contributed by atoms with E-state index in [0.29, 0.717) is 5.75 Å². The standard InChI is InChI=1S/C7H5O2.Li/c8-6-9-7-4-2-1-3-5-7;/h1-5H;. The van der Waals surface area contributed by atoms with Crippen LogP contribution < -0.4 is 4.74 Å². The summed E-state index contributed by atoms with van der Waals surface area (Å²) in [5.41, 5.74) is 0. The van der Waals surface area contributed by atoms with Crippen LogP contribution in [-0.2, 0) is 0 Å². The van der Waals surface area contributed by atoms with Gasteiger partial charge in [-0.3, -0.25) is 0 Å². The summed E-state index contributed by atoms with van der Waals surface area (Å²) in [5, 5.41) is 0. The molecule has 2 nitrogen and oxygen atoms in total. The third-order valence-corrected chi connectivity index (χ3v) is 1.00. The van der Waals surface area contributed by atoms with E-state index in [9.17, 15) is 4.79 Å². The van der Waals surface area contributed by atoms with E-state index in [2.05, 4.69) is 0 Å². The number of para-hydroxylation sites is 1. The number of benzene rings is 1. The third kappa shape index (κ3) is 2.26. The Labute approximate surface area is 68.4 Å². The van der Waals surface area contributed by atoms with Gasteiger partial charge in [0, 0.05) is 0 Å². The van der Waals surface area contributed by atoms with Gasteiger partial charge in [-0.15, -0.1) is 0 Å². The molecule has 0 amide bonds. The summed E-state index contributed by atoms with van der Waals surface area (Å²) in [4.78, 5) is 10.4. The Hall–Kier alpha value is -0.713. The van der Waals surface area contributed by atoms with Crippen molar-refractivity contribution in [1.82, 2.24) is 0 Å². The van der Waals surface area contributed by atoms with Crippen LogP contribution in [0.25, 0.3) is 0 Å². The van der Waals surface area contributed by atoms with Crippen molar-refractivity contribution in [2.24, 2.45) is 0 Å². The summed E-state index contributed by atoms with van der Waals surface area (Å²) in [6.07, 6.45) is 0. The minimum absolute atomic E-state index is 0.286. The van der Waals surface area contributed by atoms with Crippen LogP contribution in [0.2, 0.25) is 0 Å². The maximum absolute atomic E-state index is 10.4. The van der Waals surface area contributed by atoms with E-state index in [1.54, 1.807) is 12.1 Å². The van der Waals surface area contributed by atoms with Gasteiger partial charge in [0.2, 0.25) is 0 Å². The first-order chi connectivity index (χ1) is 4.79. The van der Waals surface area contributed by atoms with Gasteiger partial charge in [0.05, 0.1) is 0 Å². The van der Waals surface area contributed by atoms with Crippen molar-refractivity contribution >= 4 is 22.4 Å². The monoisotopic (exact) mass is 128 g/mol. The topological polar surface area (TPSA) is 26.3 Å². The number of hydrogen-bond donors (Lipinski definition) is 0. The van der Waals surface area contributed by atoms with Crippen molar-refractivity contribution in [3.63, 3.8) is 0 Å². The van der Waals surface area contributed by atoms with Crippen LogP contribution in [0.1, 0.15) is 0 Å². The molecule has 0 aliphatic carbocycles. The number of carbonyl (C=O) groups is 1. The predicted octanol–water partition coefficient (Wildman–Crippen LogP) is 1.35. The SMILES string of the molecule is [Li][C](=O)Oc1ccccc1. The molecule has 1 rings (SSSR count). The Morgan fingerprint density at radius 1 is 1.30 bits per heavy atom. The summed E-state index contributed by atoms with van der Waals surface area (Å²) in [7, 11) is 0. The predicted molar refractivity (Wildman–Crippen MR) is 38.2 cm³/mol. The summed E-state index contributed by atoms with van der Waals surface area (Å²) < 4.78 is 4.49. The van der Waals surface area contributed by atoms with E-state index in [1.165, 1.54) is 17.7 Å². The Kier molecular flexibility index (Phi) is 2.55. The molecule has 0 unspecified atom stereocenters. The number of carbonyl (C=O) groups excluding carboxylic acids is 1. The molecule has 0 radical (unpaired) electrons. The molecule has 0 saturated heterocycles. The zero-order valence-corrected chi connectivity index (χ0v) is 5.70. The Morgan fingerprint density at radius 2 is 1.90 bits per heavy atom. The molecular formula is C7H5LiO2. The molecule has 0 aromatic heterocycles. The summed E-state index contributed by atoms with van der Waals surface area (Å²) in [5.74, 6) is 0.593. The molecule has 46 valence electrons. The molecule has 0 bridgehead atoms. The van der Waals surface area contributed by atoms with E-state index >= 15 is 0 Å². The molecule has 0 aliphatic rings. The fourth-order valence-corrected chi connectivity index (χ4v) is 0.655. The third-order valence-electron chi connectivity index (χ3n) is 1.00. The normalized spacial score (nSPS) is 9.00. The van der Waals surface area contributed by atoms with Crippen LogP contribution in [-0.4, -0.2) is 22.4 Å². The van der Waals surface area contributed by atoms with E-state index < -0.39 is 0 Å². The first-order valence-electron chi connectivity index (χ1n) is 3.02. The van der Waals surface area contributed by atoms with Gasteiger partial charge < -0.3 is 0 Å². The van der Waals surface area contributed by atoms with Gasteiger partial charge in [0.15, 0.2) is 0 Å². The zero-order chi connectivity index (χ0) is 7.40. The molecule has 0 atom stereocenters. The van der Waals surface area contributed by atoms with Crippen molar-refractivity contribution in [1.29, 1.82) is 0 Å². The van der Waals surface area contributed by atoms with Crippen LogP contribution in [0.4, 0.5) is 4.79 Å². The zero-order valence-electron chi connectivity index (χ0n) is 5.70. The van der Waals surface area contributed by atoms with E-state index in [-0.39, 0.29) is 4.64 Å². The van der Waals surface area contributed by atoms with Gasteiger partial charge in [0.1, 0.15) is 0 Å². The van der Waals surface area contributed by atoms with Gasteiger partial charge in [-0.05, 0) is 0 Å². The second kappa shape index (κ2) is 3.45. The average Bonchev–Trinajstić information content (AvgIpc) is 1.88. The van der Waals surface area contributed by atoms with Crippen molar-refractivity contribution in [3.05, 3.63) is 30.3 Å². The number of ether oxygens (including phenoxy) is 1. The van der Waals surface area contributed by atoms with Crippen molar-refractivity contribution in [2.45, 2.75) is 0 Å². The molecule has 0 aliphatic heterocycles. The van der Waals surface area contributed by atoms with Gasteiger partial charge >= 0.3 is 68.0 Å². The van der Waals surface area contributed by atoms with E-state index in [0.717, 1.165) is 0 Å². The van der Waals surface area contributed by atoms with Crippen LogP contribution in [0.15, 0.2) is 30.3 Å². The second-order valence-electron chi connectivity index (χ2n) is 1.91. The Bertz CT molecular complexity index is 220. The minimum atomic E-state index is -0.286. The van der Waals surface area contributed by atoms with Crippen LogP contribution >= 0.6 is 0 Å². The summed E-state index contributed by atoms with van der Waals surface area (Å²) >= 11 is 1.38. The molecular weight excluding hydrogens is 123 g/mol. The van der Waals surface area contributed by atoms with Crippen LogP contribution in [0, 0.1) is 0 Å². The summed E-state index contributed by atoms with van der Waals surface area (Å²) in [6, 6.07) is 8.98. The van der Waals surface area contributed by atoms with Crippen LogP contribution in [0.5, 0.6) is 5.75 Å². The molecule has 1 aromatic rings. The van der Waals surface area contributed by atoms with Gasteiger partial charge in [-0.2, -0.15) is 0 Å². The second-order valence-corrected chi connectivity index (χ2v) is 1.91. The molecule has 0 heterocycles. The van der Waals surface area contributed by atoms with Gasteiger partial charge in [-0.25, -0.2) is 0 Å². The summed E-state index contributed by atoms with van der Waals surface area (Å²) in [6.45, 7) is 0. The van der Waals surface area contributed by atoms with Crippen molar-refractivity contribution < 1.29 is 9.53 Å². The fourth-order valence-electron chi connectivity index (χ4n) is 0.655. The Morgan fingerprint density at radius 3 is 2.40 bits per heavy atom. The molecule has 0 saturated carbocycles. The Balaban J connectivity index is 2.67. The molecule has 0 N–H and O–H groups in total.